The van der Waals surface area contributed by atoms with Crippen molar-refractivity contribution in [3.8, 4) is 11.6 Å². The average Bonchev–Trinajstić information content (AvgIpc) is 2.49. The maximum Gasteiger partial charge on any atom is 0.219 e. The van der Waals surface area contributed by atoms with E-state index in [0.29, 0.717) is 5.88 Å². The maximum atomic E-state index is 9.36. The molecule has 0 saturated heterocycles. The summed E-state index contributed by atoms with van der Waals surface area (Å²) < 4.78 is 5.90. The van der Waals surface area contributed by atoms with E-state index in [1.54, 1.807) is 6.07 Å². The molecule has 2 aromatic rings. The molecule has 0 spiro atoms. The fourth-order valence-corrected chi connectivity index (χ4v) is 2.20. The quantitative estimate of drug-likeness (QED) is 0.881. The molecule has 0 aliphatic carbocycles. The van der Waals surface area contributed by atoms with E-state index in [9.17, 15) is 5.11 Å². The first-order valence-electron chi connectivity index (χ1n) is 7.41. The van der Waals surface area contributed by atoms with Crippen molar-refractivity contribution in [2.45, 2.75) is 46.6 Å². The molecule has 0 aliphatic rings. The Morgan fingerprint density at radius 1 is 1.14 bits per heavy atom. The molecule has 21 heavy (non-hydrogen) atoms. The van der Waals surface area contributed by atoms with Crippen molar-refractivity contribution in [3.63, 3.8) is 0 Å². The van der Waals surface area contributed by atoms with E-state index in [1.807, 2.05) is 25.1 Å². The number of pyridine rings is 2. The van der Waals surface area contributed by atoms with Gasteiger partial charge in [-0.15, -0.1) is 0 Å². The minimum absolute atomic E-state index is 0.0115. The zero-order chi connectivity index (χ0) is 15.2. The summed E-state index contributed by atoms with van der Waals surface area (Å²) in [5.41, 5.74) is 3.66. The lowest BCUT2D eigenvalue weighted by atomic mass is 10.2. The molecule has 0 unspecified atom stereocenters. The van der Waals surface area contributed by atoms with Crippen LogP contribution in [0.15, 0.2) is 24.3 Å². The first kappa shape index (κ1) is 15.4. The minimum Gasteiger partial charge on any atom is -0.437 e. The summed E-state index contributed by atoms with van der Waals surface area (Å²) in [7, 11) is 0. The zero-order valence-corrected chi connectivity index (χ0v) is 12.9. The third-order valence-electron chi connectivity index (χ3n) is 3.22. The number of aromatic nitrogens is 2. The number of aryl methyl sites for hydroxylation is 3. The summed E-state index contributed by atoms with van der Waals surface area (Å²) in [6.07, 6.45) is 2.68. The molecule has 2 aromatic heterocycles. The van der Waals surface area contributed by atoms with Crippen molar-refractivity contribution < 1.29 is 9.84 Å². The van der Waals surface area contributed by atoms with Crippen molar-refractivity contribution in [2.24, 2.45) is 0 Å². The van der Waals surface area contributed by atoms with Gasteiger partial charge in [0.05, 0.1) is 12.3 Å². The molecular formula is C17H22N2O2. The fraction of sp³-hybridized carbons (Fsp3) is 0.412. The second-order valence-corrected chi connectivity index (χ2v) is 5.07. The highest BCUT2D eigenvalue weighted by molar-refractivity contribution is 5.34. The van der Waals surface area contributed by atoms with E-state index in [-0.39, 0.29) is 6.61 Å². The fourth-order valence-electron chi connectivity index (χ4n) is 2.20. The molecular weight excluding hydrogens is 264 g/mol. The predicted octanol–water partition coefficient (Wildman–Crippen LogP) is 3.58. The second kappa shape index (κ2) is 7.18. The lowest BCUT2D eigenvalue weighted by molar-refractivity contribution is 0.280. The molecule has 0 radical (unpaired) electrons. The van der Waals surface area contributed by atoms with Gasteiger partial charge in [0.25, 0.3) is 0 Å². The van der Waals surface area contributed by atoms with E-state index < -0.39 is 0 Å². The van der Waals surface area contributed by atoms with Gasteiger partial charge < -0.3 is 9.84 Å². The highest BCUT2D eigenvalue weighted by Gasteiger charge is 2.08. The number of rotatable bonds is 6. The van der Waals surface area contributed by atoms with Crippen LogP contribution >= 0.6 is 0 Å². The number of aliphatic hydroxyl groups excluding tert-OH is 1. The molecule has 0 fully saturated rings. The molecule has 0 aromatic carbocycles. The standard InChI is InChI=1S/C17H22N2O2/c1-4-6-14-9-13(11-20)10-17(19-14)21-16-8-7-12(3)18-15(16)5-2/h7-10,20H,4-6,11H2,1-3H3. The smallest absolute Gasteiger partial charge is 0.219 e. The molecule has 0 bridgehead atoms. The van der Waals surface area contributed by atoms with E-state index >= 15 is 0 Å². The SMILES string of the molecule is CCCc1cc(CO)cc(Oc2ccc(C)nc2CC)n1. The van der Waals surface area contributed by atoms with Gasteiger partial charge in [0.1, 0.15) is 0 Å². The summed E-state index contributed by atoms with van der Waals surface area (Å²) in [5, 5.41) is 9.36. The predicted molar refractivity (Wildman–Crippen MR) is 82.6 cm³/mol. The normalized spacial score (nSPS) is 10.7. The third-order valence-corrected chi connectivity index (χ3v) is 3.22. The van der Waals surface area contributed by atoms with Crippen molar-refractivity contribution in [3.05, 3.63) is 46.9 Å². The van der Waals surface area contributed by atoms with Crippen LogP contribution in [0, 0.1) is 6.92 Å². The topological polar surface area (TPSA) is 55.2 Å². The lowest BCUT2D eigenvalue weighted by Crippen LogP contribution is -2.00. The van der Waals surface area contributed by atoms with Crippen molar-refractivity contribution in [1.29, 1.82) is 0 Å². The van der Waals surface area contributed by atoms with Crippen molar-refractivity contribution >= 4 is 0 Å². The van der Waals surface area contributed by atoms with Gasteiger partial charge in [0.15, 0.2) is 5.75 Å². The summed E-state index contributed by atoms with van der Waals surface area (Å²) in [4.78, 5) is 8.99. The average molecular weight is 286 g/mol. The van der Waals surface area contributed by atoms with E-state index in [0.717, 1.165) is 47.7 Å². The van der Waals surface area contributed by atoms with Crippen molar-refractivity contribution in [1.82, 2.24) is 9.97 Å². The van der Waals surface area contributed by atoms with Gasteiger partial charge in [0.2, 0.25) is 5.88 Å². The maximum absolute atomic E-state index is 9.36. The molecule has 112 valence electrons. The number of nitrogens with zero attached hydrogens (tertiary/aromatic N) is 2. The van der Waals surface area contributed by atoms with Crippen LogP contribution in [0.3, 0.4) is 0 Å². The van der Waals surface area contributed by atoms with Crippen LogP contribution in [-0.2, 0) is 19.4 Å². The Morgan fingerprint density at radius 2 is 1.95 bits per heavy atom. The van der Waals surface area contributed by atoms with Crippen LogP contribution in [0.5, 0.6) is 11.6 Å². The summed E-state index contributed by atoms with van der Waals surface area (Å²) in [5.74, 6) is 1.25. The Bertz CT molecular complexity index is 612. The van der Waals surface area contributed by atoms with Gasteiger partial charge in [-0.1, -0.05) is 20.3 Å². The second-order valence-electron chi connectivity index (χ2n) is 5.07. The minimum atomic E-state index is -0.0115. The van der Waals surface area contributed by atoms with Gasteiger partial charge in [0, 0.05) is 17.5 Å². The first-order valence-corrected chi connectivity index (χ1v) is 7.41. The van der Waals surface area contributed by atoms with Crippen LogP contribution in [0.2, 0.25) is 0 Å². The number of hydrogen-bond acceptors (Lipinski definition) is 4. The highest BCUT2D eigenvalue weighted by atomic mass is 16.5. The Hall–Kier alpha value is -1.94. The molecule has 4 nitrogen and oxygen atoms in total. The van der Waals surface area contributed by atoms with Crippen LogP contribution in [0.1, 0.15) is 42.9 Å². The Morgan fingerprint density at radius 3 is 2.62 bits per heavy atom. The van der Waals surface area contributed by atoms with Crippen LogP contribution in [0.25, 0.3) is 0 Å². The Labute approximate surface area is 125 Å². The number of ether oxygens (including phenoxy) is 1. The number of hydrogen-bond donors (Lipinski definition) is 1. The molecule has 4 heteroatoms. The molecule has 0 amide bonds. The monoisotopic (exact) mass is 286 g/mol. The summed E-state index contributed by atoms with van der Waals surface area (Å²) >= 11 is 0. The molecule has 2 rings (SSSR count). The van der Waals surface area contributed by atoms with Gasteiger partial charge in [-0.2, -0.15) is 0 Å². The van der Waals surface area contributed by atoms with E-state index in [2.05, 4.69) is 23.8 Å². The van der Waals surface area contributed by atoms with Gasteiger partial charge in [-0.05, 0) is 43.5 Å². The largest absolute Gasteiger partial charge is 0.437 e. The van der Waals surface area contributed by atoms with Crippen LogP contribution in [0.4, 0.5) is 0 Å². The third kappa shape index (κ3) is 4.02. The van der Waals surface area contributed by atoms with E-state index in [4.69, 9.17) is 4.74 Å². The van der Waals surface area contributed by atoms with E-state index in [1.165, 1.54) is 0 Å². The first-order chi connectivity index (χ1) is 10.2. The van der Waals surface area contributed by atoms with Gasteiger partial charge in [-0.25, -0.2) is 4.98 Å². The van der Waals surface area contributed by atoms with Gasteiger partial charge in [-0.3, -0.25) is 4.98 Å². The number of aliphatic hydroxyl groups is 1. The lowest BCUT2D eigenvalue weighted by Gasteiger charge is -2.11. The molecule has 2 heterocycles. The Balaban J connectivity index is 2.32. The highest BCUT2D eigenvalue weighted by Crippen LogP contribution is 2.25. The summed E-state index contributed by atoms with van der Waals surface area (Å²) in [6.45, 7) is 6.11. The molecule has 0 atom stereocenters. The Kier molecular flexibility index (Phi) is 5.28. The van der Waals surface area contributed by atoms with Crippen molar-refractivity contribution in [2.75, 3.05) is 0 Å². The zero-order valence-electron chi connectivity index (χ0n) is 12.9. The molecule has 1 N–H and O–H groups in total. The van der Waals surface area contributed by atoms with Crippen LogP contribution in [-0.4, -0.2) is 15.1 Å². The molecule has 0 aliphatic heterocycles. The van der Waals surface area contributed by atoms with Crippen LogP contribution < -0.4 is 4.74 Å². The summed E-state index contributed by atoms with van der Waals surface area (Å²) in [6, 6.07) is 7.55. The van der Waals surface area contributed by atoms with Gasteiger partial charge >= 0.3 is 0 Å². The molecule has 0 saturated carbocycles.